The van der Waals surface area contributed by atoms with Gasteiger partial charge in [0.2, 0.25) is 5.96 Å². The minimum atomic E-state index is 0.144. The number of anilines is 1. The average Bonchev–Trinajstić information content (AvgIpc) is 3.34. The van der Waals surface area contributed by atoms with Crippen LogP contribution in [0, 0.1) is 5.41 Å². The van der Waals surface area contributed by atoms with Gasteiger partial charge in [0.05, 0.1) is 23.4 Å². The summed E-state index contributed by atoms with van der Waals surface area (Å²) in [6.45, 7) is 11.0. The molecule has 1 aromatic heterocycles. The van der Waals surface area contributed by atoms with E-state index in [0.29, 0.717) is 12.4 Å². The summed E-state index contributed by atoms with van der Waals surface area (Å²) in [5, 5.41) is 10.6. The van der Waals surface area contributed by atoms with Crippen LogP contribution in [0.4, 0.5) is 5.69 Å². The quantitative estimate of drug-likeness (QED) is 0.153. The minimum absolute atomic E-state index is 0.144. The van der Waals surface area contributed by atoms with Crippen molar-refractivity contribution in [2.24, 2.45) is 4.99 Å². The van der Waals surface area contributed by atoms with E-state index in [4.69, 9.17) is 4.99 Å². The fraction of sp³-hybridized carbons (Fsp3) is 0.135. The Labute approximate surface area is 248 Å². The first-order valence-corrected chi connectivity index (χ1v) is 14.2. The largest absolute Gasteiger partial charge is 0.362 e. The van der Waals surface area contributed by atoms with Crippen LogP contribution in [-0.4, -0.2) is 35.4 Å². The molecule has 3 aromatic carbocycles. The van der Waals surface area contributed by atoms with Gasteiger partial charge in [0, 0.05) is 41.9 Å². The molecule has 0 spiro atoms. The van der Waals surface area contributed by atoms with Gasteiger partial charge in [-0.1, -0.05) is 111 Å². The molecule has 0 saturated carbocycles. The van der Waals surface area contributed by atoms with E-state index in [9.17, 15) is 5.41 Å². The summed E-state index contributed by atoms with van der Waals surface area (Å²) in [7, 11) is 3.92. The Balaban J connectivity index is 1.78. The van der Waals surface area contributed by atoms with Crippen molar-refractivity contribution in [3.63, 3.8) is 0 Å². The summed E-state index contributed by atoms with van der Waals surface area (Å²) in [5.41, 5.74) is 7.93. The van der Waals surface area contributed by atoms with Gasteiger partial charge in [0.25, 0.3) is 0 Å². The molecular weight excluding hydrogens is 514 g/mol. The molecule has 0 aliphatic carbocycles. The second kappa shape index (κ2) is 12.6. The van der Waals surface area contributed by atoms with Crippen LogP contribution in [0.25, 0.3) is 28.2 Å². The predicted octanol–water partition coefficient (Wildman–Crippen LogP) is 8.62. The van der Waals surface area contributed by atoms with E-state index < -0.39 is 0 Å². The van der Waals surface area contributed by atoms with E-state index in [1.165, 1.54) is 0 Å². The van der Waals surface area contributed by atoms with Crippen molar-refractivity contribution in [2.75, 3.05) is 19.0 Å². The van der Waals surface area contributed by atoms with Crippen molar-refractivity contribution in [1.29, 1.82) is 5.41 Å². The highest BCUT2D eigenvalue weighted by Crippen LogP contribution is 2.37. The van der Waals surface area contributed by atoms with Crippen LogP contribution >= 0.6 is 0 Å². The maximum atomic E-state index is 9.45. The number of aliphatic imine (C=N–C) groups is 1. The number of aromatic nitrogens is 1. The summed E-state index contributed by atoms with van der Waals surface area (Å²) in [6, 6.07) is 26.6. The van der Waals surface area contributed by atoms with Crippen molar-refractivity contribution in [3.05, 3.63) is 145 Å². The molecule has 0 atom stereocenters. The molecule has 5 rings (SSSR count). The lowest BCUT2D eigenvalue weighted by Gasteiger charge is -2.27. The fourth-order valence-electron chi connectivity index (χ4n) is 5.37. The lowest BCUT2D eigenvalue weighted by atomic mass is 10.0. The Kier molecular flexibility index (Phi) is 8.49. The van der Waals surface area contributed by atoms with Crippen LogP contribution in [0.1, 0.15) is 35.7 Å². The molecule has 4 aromatic rings. The van der Waals surface area contributed by atoms with Crippen LogP contribution in [0.5, 0.6) is 0 Å². The Morgan fingerprint density at radius 1 is 0.976 bits per heavy atom. The van der Waals surface area contributed by atoms with Crippen molar-refractivity contribution in [1.82, 2.24) is 9.47 Å². The van der Waals surface area contributed by atoms with Gasteiger partial charge in [-0.3, -0.25) is 5.41 Å². The molecular formula is C37H37N5. The molecule has 42 heavy (non-hydrogen) atoms. The van der Waals surface area contributed by atoms with Gasteiger partial charge in [-0.2, -0.15) is 4.99 Å². The summed E-state index contributed by atoms with van der Waals surface area (Å²) in [6.07, 6.45) is 13.3. The lowest BCUT2D eigenvalue weighted by molar-refractivity contribution is 0.624. The Bertz CT molecular complexity index is 1760. The third kappa shape index (κ3) is 5.54. The van der Waals surface area contributed by atoms with Crippen LogP contribution < -0.4 is 4.90 Å². The molecule has 210 valence electrons. The van der Waals surface area contributed by atoms with Gasteiger partial charge >= 0.3 is 0 Å². The number of nitrogens with zero attached hydrogens (tertiary/aromatic N) is 4. The first kappa shape index (κ1) is 28.4. The van der Waals surface area contributed by atoms with Gasteiger partial charge in [-0.05, 0) is 36.3 Å². The molecule has 1 aliphatic rings. The molecule has 0 fully saturated rings. The van der Waals surface area contributed by atoms with Gasteiger partial charge in [0.1, 0.15) is 5.84 Å². The highest BCUT2D eigenvalue weighted by molar-refractivity contribution is 6.10. The summed E-state index contributed by atoms with van der Waals surface area (Å²) >= 11 is 0. The Morgan fingerprint density at radius 2 is 1.69 bits per heavy atom. The van der Waals surface area contributed by atoms with E-state index in [-0.39, 0.29) is 5.96 Å². The molecule has 1 N–H and O–H groups in total. The molecule has 0 unspecified atom stereocenters. The molecule has 0 saturated heterocycles. The van der Waals surface area contributed by atoms with E-state index in [1.807, 2.05) is 84.6 Å². The van der Waals surface area contributed by atoms with Crippen LogP contribution in [0.2, 0.25) is 0 Å². The number of rotatable bonds is 5. The highest BCUT2D eigenvalue weighted by Gasteiger charge is 2.25. The van der Waals surface area contributed by atoms with Crippen LogP contribution in [0.3, 0.4) is 0 Å². The molecule has 0 bridgehead atoms. The number of amidine groups is 1. The molecule has 0 amide bonds. The Hall–Kier alpha value is -5.16. The zero-order chi connectivity index (χ0) is 29.6. The van der Waals surface area contributed by atoms with E-state index >= 15 is 0 Å². The second-order valence-electron chi connectivity index (χ2n) is 10.3. The van der Waals surface area contributed by atoms with Crippen LogP contribution in [-0.2, 0) is 6.54 Å². The number of nitrogens with one attached hydrogen (secondary N) is 1. The number of hydrogen-bond acceptors (Lipinski definition) is 1. The molecule has 1 aliphatic heterocycles. The molecule has 0 radical (unpaired) electrons. The summed E-state index contributed by atoms with van der Waals surface area (Å²) < 4.78 is 2.29. The summed E-state index contributed by atoms with van der Waals surface area (Å²) in [5.74, 6) is 0.861. The summed E-state index contributed by atoms with van der Waals surface area (Å²) in [4.78, 5) is 8.87. The Morgan fingerprint density at radius 3 is 2.43 bits per heavy atom. The van der Waals surface area contributed by atoms with E-state index in [1.54, 1.807) is 0 Å². The van der Waals surface area contributed by atoms with Crippen LogP contribution in [0.15, 0.2) is 127 Å². The monoisotopic (exact) mass is 551 g/mol. The molecule has 5 heteroatoms. The number of benzene rings is 3. The number of hydrogen-bond donors (Lipinski definition) is 1. The number of fused-ring (bicyclic) bond motifs is 4. The number of guanidine groups is 1. The van der Waals surface area contributed by atoms with E-state index in [2.05, 4.69) is 79.3 Å². The second-order valence-corrected chi connectivity index (χ2v) is 10.3. The van der Waals surface area contributed by atoms with Gasteiger partial charge in [-0.25, -0.2) is 0 Å². The van der Waals surface area contributed by atoms with Crippen molar-refractivity contribution < 1.29 is 0 Å². The molecule has 2 heterocycles. The predicted molar refractivity (Wildman–Crippen MR) is 181 cm³/mol. The first-order valence-electron chi connectivity index (χ1n) is 14.2. The highest BCUT2D eigenvalue weighted by atomic mass is 15.3. The SMILES string of the molecule is C=C/C=C(\C=C\CC)n1c2c(c3ccccc31)/C=C\C(=C)c1ccccc1N(C(=N)N=C(c1ccccc1)N(C)C)C2. The maximum absolute atomic E-state index is 9.45. The smallest absolute Gasteiger partial charge is 0.224 e. The van der Waals surface area contributed by atoms with Crippen molar-refractivity contribution in [2.45, 2.75) is 19.9 Å². The lowest BCUT2D eigenvalue weighted by Crippen LogP contribution is -2.33. The number of allylic oxidation sites excluding steroid dienone is 7. The zero-order valence-corrected chi connectivity index (χ0v) is 24.6. The minimum Gasteiger partial charge on any atom is -0.362 e. The van der Waals surface area contributed by atoms with Crippen molar-refractivity contribution in [3.8, 4) is 0 Å². The molecule has 5 nitrogen and oxygen atoms in total. The van der Waals surface area contributed by atoms with Crippen molar-refractivity contribution >= 4 is 45.7 Å². The van der Waals surface area contributed by atoms with Gasteiger partial charge in [0.15, 0.2) is 0 Å². The topological polar surface area (TPSA) is 47.6 Å². The normalized spacial score (nSPS) is 14.6. The van der Waals surface area contributed by atoms with Gasteiger partial charge < -0.3 is 14.4 Å². The zero-order valence-electron chi connectivity index (χ0n) is 24.6. The third-order valence-electron chi connectivity index (χ3n) is 7.31. The third-order valence-corrected chi connectivity index (χ3v) is 7.31. The standard InChI is InChI=1S/C37H37N5/c1-6-8-19-29(16-7-2)42-34-23-15-13-21-31(34)32-25-24-27(3)30-20-12-14-22-33(30)41(26-35(32)42)37(38)39-36(40(4)5)28-17-10-9-11-18-28/h7-25,38H,2-3,6,26H2,1,4-5H3/b19-8+,25-24-,29-16+,38-37?,39-36?. The first-order chi connectivity index (χ1) is 20.4. The van der Waals surface area contributed by atoms with Gasteiger partial charge in [-0.15, -0.1) is 0 Å². The van der Waals surface area contributed by atoms with E-state index in [0.717, 1.165) is 56.7 Å². The fourth-order valence-corrected chi connectivity index (χ4v) is 5.37. The average molecular weight is 552 g/mol. The maximum Gasteiger partial charge on any atom is 0.224 e. The number of para-hydroxylation sites is 2.